The lowest BCUT2D eigenvalue weighted by atomic mass is 9.98. The Morgan fingerprint density at radius 1 is 1.00 bits per heavy atom. The van der Waals surface area contributed by atoms with Crippen LogP contribution in [0, 0.1) is 11.8 Å². The van der Waals surface area contributed by atoms with Crippen molar-refractivity contribution < 1.29 is 19.1 Å². The van der Waals surface area contributed by atoms with Crippen molar-refractivity contribution in [2.24, 2.45) is 0 Å². The average molecular weight is 409 g/mol. The predicted octanol–water partition coefficient (Wildman–Crippen LogP) is 4.25. The molecule has 5 rings (SSSR count). The van der Waals surface area contributed by atoms with E-state index in [1.54, 1.807) is 6.07 Å². The molecule has 0 spiro atoms. The molecule has 1 aliphatic heterocycles. The SMILES string of the molecule is O=C(NCC#Cc1ccc2c(c1)C(=O)OC2)OCC1c2ccccc2-c2ccccc21. The zero-order valence-electron chi connectivity index (χ0n) is 16.7. The summed E-state index contributed by atoms with van der Waals surface area (Å²) in [7, 11) is 0. The van der Waals surface area contributed by atoms with Crippen LogP contribution in [0.3, 0.4) is 0 Å². The van der Waals surface area contributed by atoms with Gasteiger partial charge in [-0.1, -0.05) is 66.4 Å². The fourth-order valence-electron chi connectivity index (χ4n) is 4.10. The maximum atomic E-state index is 12.2. The molecule has 0 unspecified atom stereocenters. The predicted molar refractivity (Wildman–Crippen MR) is 116 cm³/mol. The molecular formula is C26H19NO4. The van der Waals surface area contributed by atoms with Gasteiger partial charge in [0.05, 0.1) is 12.1 Å². The van der Waals surface area contributed by atoms with Crippen molar-refractivity contribution >= 4 is 12.1 Å². The van der Waals surface area contributed by atoms with Gasteiger partial charge in [0.15, 0.2) is 0 Å². The van der Waals surface area contributed by atoms with E-state index in [1.165, 1.54) is 22.3 Å². The number of rotatable bonds is 3. The van der Waals surface area contributed by atoms with Crippen molar-refractivity contribution in [3.63, 3.8) is 0 Å². The van der Waals surface area contributed by atoms with Gasteiger partial charge in [-0.25, -0.2) is 9.59 Å². The third kappa shape index (κ3) is 3.64. The highest BCUT2D eigenvalue weighted by Gasteiger charge is 2.28. The number of ether oxygens (including phenoxy) is 2. The number of benzene rings is 3. The van der Waals surface area contributed by atoms with E-state index in [0.29, 0.717) is 17.7 Å². The largest absolute Gasteiger partial charge is 0.457 e. The Balaban J connectivity index is 1.18. The van der Waals surface area contributed by atoms with E-state index in [0.717, 1.165) is 5.56 Å². The minimum Gasteiger partial charge on any atom is -0.457 e. The van der Waals surface area contributed by atoms with Crippen LogP contribution in [-0.4, -0.2) is 25.2 Å². The third-order valence-corrected chi connectivity index (χ3v) is 5.59. The maximum Gasteiger partial charge on any atom is 0.407 e. The van der Waals surface area contributed by atoms with E-state index in [9.17, 15) is 9.59 Å². The summed E-state index contributed by atoms with van der Waals surface area (Å²) in [4.78, 5) is 23.8. The summed E-state index contributed by atoms with van der Waals surface area (Å²) >= 11 is 0. The zero-order chi connectivity index (χ0) is 21.2. The van der Waals surface area contributed by atoms with Crippen LogP contribution in [0.1, 0.15) is 38.5 Å². The molecule has 1 heterocycles. The highest BCUT2D eigenvalue weighted by Crippen LogP contribution is 2.44. The Morgan fingerprint density at radius 2 is 1.71 bits per heavy atom. The number of alkyl carbamates (subject to hydrolysis) is 1. The molecule has 0 fully saturated rings. The highest BCUT2D eigenvalue weighted by atomic mass is 16.5. The first-order valence-corrected chi connectivity index (χ1v) is 10.1. The highest BCUT2D eigenvalue weighted by molar-refractivity contribution is 5.93. The van der Waals surface area contributed by atoms with Gasteiger partial charge in [-0.15, -0.1) is 0 Å². The van der Waals surface area contributed by atoms with Crippen LogP contribution >= 0.6 is 0 Å². The second kappa shape index (κ2) is 8.00. The lowest BCUT2D eigenvalue weighted by molar-refractivity contribution is 0.0535. The second-order valence-corrected chi connectivity index (χ2v) is 7.43. The average Bonchev–Trinajstić information content (AvgIpc) is 3.33. The lowest BCUT2D eigenvalue weighted by Crippen LogP contribution is -2.26. The molecule has 0 bridgehead atoms. The fraction of sp³-hybridized carbons (Fsp3) is 0.154. The Morgan fingerprint density at radius 3 is 2.45 bits per heavy atom. The zero-order valence-corrected chi connectivity index (χ0v) is 16.7. The summed E-state index contributed by atoms with van der Waals surface area (Å²) < 4.78 is 10.5. The number of esters is 1. The summed E-state index contributed by atoms with van der Waals surface area (Å²) in [5, 5.41) is 2.66. The Hall–Kier alpha value is -4.04. The molecule has 1 amide bonds. The number of carbonyl (C=O) groups excluding carboxylic acids is 2. The van der Waals surface area contributed by atoms with Gasteiger partial charge in [-0.05, 0) is 34.4 Å². The van der Waals surface area contributed by atoms with Gasteiger partial charge in [-0.3, -0.25) is 0 Å². The molecule has 0 radical (unpaired) electrons. The van der Waals surface area contributed by atoms with E-state index in [2.05, 4.69) is 41.4 Å². The lowest BCUT2D eigenvalue weighted by Gasteiger charge is -2.14. The van der Waals surface area contributed by atoms with Crippen molar-refractivity contribution in [1.82, 2.24) is 5.32 Å². The standard InChI is InChI=1S/C26H19NO4/c28-25-23-14-17(11-12-18(23)15-30-25)6-5-13-27-26(29)31-16-24-21-9-3-1-7-19(21)20-8-2-4-10-22(20)24/h1-4,7-12,14,24H,13,15-16H2,(H,27,29). The molecule has 0 saturated carbocycles. The van der Waals surface area contributed by atoms with Crippen molar-refractivity contribution in [3.8, 4) is 23.0 Å². The van der Waals surface area contributed by atoms with E-state index in [4.69, 9.17) is 9.47 Å². The number of carbonyl (C=O) groups is 2. The number of hydrogen-bond acceptors (Lipinski definition) is 4. The number of fused-ring (bicyclic) bond motifs is 4. The third-order valence-electron chi connectivity index (χ3n) is 5.59. The van der Waals surface area contributed by atoms with Gasteiger partial charge >= 0.3 is 12.1 Å². The van der Waals surface area contributed by atoms with Crippen LogP contribution in [0.2, 0.25) is 0 Å². The van der Waals surface area contributed by atoms with Gasteiger partial charge in [0.25, 0.3) is 0 Å². The molecule has 1 N–H and O–H groups in total. The minimum absolute atomic E-state index is 0.0235. The smallest absolute Gasteiger partial charge is 0.407 e. The topological polar surface area (TPSA) is 64.6 Å². The van der Waals surface area contributed by atoms with Crippen molar-refractivity contribution in [1.29, 1.82) is 0 Å². The number of cyclic esters (lactones) is 1. The minimum atomic E-state index is -0.506. The monoisotopic (exact) mass is 409 g/mol. The van der Waals surface area contributed by atoms with Gasteiger partial charge in [0, 0.05) is 17.0 Å². The van der Waals surface area contributed by atoms with Gasteiger partial charge in [0.2, 0.25) is 0 Å². The fourth-order valence-corrected chi connectivity index (χ4v) is 4.10. The van der Waals surface area contributed by atoms with Gasteiger partial charge in [0.1, 0.15) is 13.2 Å². The van der Waals surface area contributed by atoms with Crippen LogP contribution in [-0.2, 0) is 16.1 Å². The molecule has 3 aromatic carbocycles. The first kappa shape index (κ1) is 19.0. The molecule has 31 heavy (non-hydrogen) atoms. The van der Waals surface area contributed by atoms with E-state index < -0.39 is 6.09 Å². The van der Waals surface area contributed by atoms with E-state index >= 15 is 0 Å². The van der Waals surface area contributed by atoms with E-state index in [1.807, 2.05) is 36.4 Å². The molecular weight excluding hydrogens is 390 g/mol. The van der Waals surface area contributed by atoms with Gasteiger partial charge in [-0.2, -0.15) is 0 Å². The molecule has 0 aromatic heterocycles. The van der Waals surface area contributed by atoms with E-state index in [-0.39, 0.29) is 25.0 Å². The summed E-state index contributed by atoms with van der Waals surface area (Å²) in [6.07, 6.45) is -0.506. The summed E-state index contributed by atoms with van der Waals surface area (Å²) in [5.41, 5.74) is 6.85. The van der Waals surface area contributed by atoms with Crippen molar-refractivity contribution in [2.75, 3.05) is 13.2 Å². The second-order valence-electron chi connectivity index (χ2n) is 7.43. The summed E-state index contributed by atoms with van der Waals surface area (Å²) in [6.45, 7) is 0.726. The maximum absolute atomic E-state index is 12.2. The molecule has 0 atom stereocenters. The quantitative estimate of drug-likeness (QED) is 0.519. The van der Waals surface area contributed by atoms with Crippen molar-refractivity contribution in [3.05, 3.63) is 94.5 Å². The normalized spacial score (nSPS) is 13.4. The summed E-state index contributed by atoms with van der Waals surface area (Å²) in [6, 6.07) is 21.8. The Labute approximate surface area is 180 Å². The van der Waals surface area contributed by atoms with Gasteiger partial charge < -0.3 is 14.8 Å². The van der Waals surface area contributed by atoms with Crippen LogP contribution < -0.4 is 5.32 Å². The van der Waals surface area contributed by atoms with Crippen LogP contribution in [0.15, 0.2) is 66.7 Å². The molecule has 152 valence electrons. The Kier molecular flexibility index (Phi) is 4.89. The molecule has 0 saturated heterocycles. The van der Waals surface area contributed by atoms with Crippen molar-refractivity contribution in [2.45, 2.75) is 12.5 Å². The number of nitrogens with one attached hydrogen (secondary N) is 1. The molecule has 2 aliphatic rings. The molecule has 5 heteroatoms. The Bertz CT molecular complexity index is 1210. The van der Waals surface area contributed by atoms with Crippen LogP contribution in [0.5, 0.6) is 0 Å². The first-order valence-electron chi connectivity index (χ1n) is 10.1. The number of amides is 1. The molecule has 5 nitrogen and oxygen atoms in total. The molecule has 1 aliphatic carbocycles. The number of hydrogen-bond donors (Lipinski definition) is 1. The first-order chi connectivity index (χ1) is 15.2. The van der Waals surface area contributed by atoms with Crippen LogP contribution in [0.4, 0.5) is 4.79 Å². The van der Waals surface area contributed by atoms with Crippen LogP contribution in [0.25, 0.3) is 11.1 Å². The molecule has 3 aromatic rings. The summed E-state index contributed by atoms with van der Waals surface area (Å²) in [5.74, 6) is 5.53.